The largest absolute Gasteiger partial charge is 0.342 e. The van der Waals surface area contributed by atoms with Crippen LogP contribution in [-0.4, -0.2) is 23.4 Å². The standard InChI is InChI=1S/C14H14ClFN2S/c15-13-9(16)7-11-14-12(13)8-1-3-17-4-2-10(8)18(14)5-6-19-11/h7,17H,1-6H2. The van der Waals surface area contributed by atoms with E-state index in [1.54, 1.807) is 17.8 Å². The average molecular weight is 297 g/mol. The molecule has 0 saturated carbocycles. The number of nitrogens with one attached hydrogen (secondary N) is 1. The quantitative estimate of drug-likeness (QED) is 0.804. The molecule has 0 fully saturated rings. The second kappa shape index (κ2) is 4.40. The number of hydrogen-bond donors (Lipinski definition) is 1. The molecule has 2 aromatic rings. The average Bonchev–Trinajstić information content (AvgIpc) is 2.59. The van der Waals surface area contributed by atoms with Gasteiger partial charge in [0.05, 0.1) is 10.5 Å². The highest BCUT2D eigenvalue weighted by molar-refractivity contribution is 7.99. The summed E-state index contributed by atoms with van der Waals surface area (Å²) in [6.45, 7) is 2.94. The van der Waals surface area contributed by atoms with Crippen LogP contribution in [0.3, 0.4) is 0 Å². The van der Waals surface area contributed by atoms with E-state index in [-0.39, 0.29) is 5.82 Å². The van der Waals surface area contributed by atoms with E-state index in [2.05, 4.69) is 9.88 Å². The van der Waals surface area contributed by atoms with Crippen LogP contribution in [0, 0.1) is 5.82 Å². The monoisotopic (exact) mass is 296 g/mol. The number of hydrogen-bond acceptors (Lipinski definition) is 2. The molecule has 0 bridgehead atoms. The van der Waals surface area contributed by atoms with Gasteiger partial charge in [0, 0.05) is 41.2 Å². The summed E-state index contributed by atoms with van der Waals surface area (Å²) in [7, 11) is 0. The first-order valence-electron chi connectivity index (χ1n) is 6.63. The molecule has 0 atom stereocenters. The molecule has 1 N–H and O–H groups in total. The molecule has 0 amide bonds. The summed E-state index contributed by atoms with van der Waals surface area (Å²) in [6.07, 6.45) is 1.94. The van der Waals surface area contributed by atoms with Crippen molar-refractivity contribution < 1.29 is 4.39 Å². The van der Waals surface area contributed by atoms with Crippen molar-refractivity contribution in [1.82, 2.24) is 9.88 Å². The van der Waals surface area contributed by atoms with Crippen LogP contribution in [0.2, 0.25) is 5.02 Å². The number of aryl methyl sites for hydroxylation is 1. The fourth-order valence-corrected chi connectivity index (χ4v) is 4.57. The van der Waals surface area contributed by atoms with Gasteiger partial charge in [0.2, 0.25) is 0 Å². The van der Waals surface area contributed by atoms with Crippen molar-refractivity contribution in [1.29, 1.82) is 0 Å². The van der Waals surface area contributed by atoms with Gasteiger partial charge >= 0.3 is 0 Å². The molecule has 1 aromatic carbocycles. The van der Waals surface area contributed by atoms with Crippen LogP contribution in [0.25, 0.3) is 10.9 Å². The van der Waals surface area contributed by atoms with E-state index in [4.69, 9.17) is 11.6 Å². The maximum atomic E-state index is 14.0. The minimum atomic E-state index is -0.282. The van der Waals surface area contributed by atoms with Gasteiger partial charge in [-0.2, -0.15) is 0 Å². The number of aromatic nitrogens is 1. The minimum Gasteiger partial charge on any atom is -0.342 e. The summed E-state index contributed by atoms with van der Waals surface area (Å²) in [5.74, 6) is 0.730. The highest BCUT2D eigenvalue weighted by Gasteiger charge is 2.26. The van der Waals surface area contributed by atoms with Crippen LogP contribution < -0.4 is 5.32 Å². The Bertz CT molecular complexity index is 680. The van der Waals surface area contributed by atoms with Crippen molar-refractivity contribution in [3.8, 4) is 0 Å². The highest BCUT2D eigenvalue weighted by atomic mass is 35.5. The molecule has 0 spiro atoms. The van der Waals surface area contributed by atoms with E-state index in [9.17, 15) is 4.39 Å². The van der Waals surface area contributed by atoms with Gasteiger partial charge in [-0.1, -0.05) is 11.6 Å². The molecular weight excluding hydrogens is 283 g/mol. The topological polar surface area (TPSA) is 17.0 Å². The molecule has 100 valence electrons. The van der Waals surface area contributed by atoms with Crippen LogP contribution in [0.5, 0.6) is 0 Å². The Balaban J connectivity index is 2.15. The van der Waals surface area contributed by atoms with Gasteiger partial charge in [-0.3, -0.25) is 0 Å². The Labute approximate surface area is 120 Å². The molecular formula is C14H14ClFN2S. The van der Waals surface area contributed by atoms with Crippen molar-refractivity contribution in [2.24, 2.45) is 0 Å². The van der Waals surface area contributed by atoms with E-state index in [0.29, 0.717) is 5.02 Å². The Kier molecular flexibility index (Phi) is 2.79. The first-order chi connectivity index (χ1) is 9.27. The number of rotatable bonds is 0. The fraction of sp³-hybridized carbons (Fsp3) is 0.429. The summed E-state index contributed by atoms with van der Waals surface area (Å²) in [5.41, 5.74) is 3.77. The molecule has 19 heavy (non-hydrogen) atoms. The summed E-state index contributed by atoms with van der Waals surface area (Å²) >= 11 is 8.00. The summed E-state index contributed by atoms with van der Waals surface area (Å²) in [6, 6.07) is 1.60. The predicted octanol–water partition coefficient (Wildman–Crippen LogP) is 3.23. The van der Waals surface area contributed by atoms with Gasteiger partial charge < -0.3 is 9.88 Å². The molecule has 2 nitrogen and oxygen atoms in total. The van der Waals surface area contributed by atoms with Crippen molar-refractivity contribution in [3.05, 3.63) is 28.2 Å². The number of fused-ring (bicyclic) bond motifs is 3. The third-order valence-electron chi connectivity index (χ3n) is 4.07. The lowest BCUT2D eigenvalue weighted by atomic mass is 10.1. The SMILES string of the molecule is Fc1cc2c3c(c1Cl)c1c(n3CCS2)CCNCC1. The highest BCUT2D eigenvalue weighted by Crippen LogP contribution is 2.42. The lowest BCUT2D eigenvalue weighted by molar-refractivity contribution is 0.625. The molecule has 0 saturated heterocycles. The normalized spacial score (nSPS) is 18.4. The van der Waals surface area contributed by atoms with E-state index in [1.165, 1.54) is 11.3 Å². The first kappa shape index (κ1) is 12.1. The molecule has 5 heteroatoms. The maximum Gasteiger partial charge on any atom is 0.143 e. The van der Waals surface area contributed by atoms with Crippen LogP contribution in [-0.2, 0) is 19.4 Å². The Morgan fingerprint density at radius 3 is 3.05 bits per heavy atom. The number of nitrogens with zero attached hydrogens (tertiary/aromatic N) is 1. The Morgan fingerprint density at radius 1 is 1.32 bits per heavy atom. The number of benzene rings is 1. The molecule has 0 unspecified atom stereocenters. The number of thioether (sulfide) groups is 1. The van der Waals surface area contributed by atoms with Crippen LogP contribution in [0.15, 0.2) is 11.0 Å². The van der Waals surface area contributed by atoms with E-state index in [0.717, 1.165) is 54.0 Å². The Hall–Kier alpha value is -0.710. The molecule has 0 aliphatic carbocycles. The van der Waals surface area contributed by atoms with Crippen molar-refractivity contribution in [2.75, 3.05) is 18.8 Å². The van der Waals surface area contributed by atoms with E-state index >= 15 is 0 Å². The number of halogens is 2. The smallest absolute Gasteiger partial charge is 0.143 e. The van der Waals surface area contributed by atoms with E-state index < -0.39 is 0 Å². The van der Waals surface area contributed by atoms with Gasteiger partial charge in [-0.15, -0.1) is 11.8 Å². The van der Waals surface area contributed by atoms with Gasteiger partial charge in [0.15, 0.2) is 0 Å². The fourth-order valence-electron chi connectivity index (χ4n) is 3.28. The van der Waals surface area contributed by atoms with Gasteiger partial charge in [-0.05, 0) is 24.6 Å². The molecule has 1 aromatic heterocycles. The van der Waals surface area contributed by atoms with E-state index in [1.807, 2.05) is 0 Å². The van der Waals surface area contributed by atoms with Crippen LogP contribution in [0.4, 0.5) is 4.39 Å². The van der Waals surface area contributed by atoms with Crippen LogP contribution in [0.1, 0.15) is 11.3 Å². The third-order valence-corrected chi connectivity index (χ3v) is 5.44. The Morgan fingerprint density at radius 2 is 2.16 bits per heavy atom. The minimum absolute atomic E-state index is 0.282. The molecule has 0 radical (unpaired) electrons. The first-order valence-corrected chi connectivity index (χ1v) is 7.99. The van der Waals surface area contributed by atoms with Crippen molar-refractivity contribution in [3.63, 3.8) is 0 Å². The second-order valence-electron chi connectivity index (χ2n) is 5.07. The zero-order chi connectivity index (χ0) is 13.0. The van der Waals surface area contributed by atoms with Gasteiger partial charge in [-0.25, -0.2) is 4.39 Å². The maximum absolute atomic E-state index is 14.0. The molecule has 2 aliphatic rings. The summed E-state index contributed by atoms with van der Waals surface area (Å²) < 4.78 is 16.4. The zero-order valence-electron chi connectivity index (χ0n) is 10.4. The molecule has 2 aliphatic heterocycles. The molecule has 4 rings (SSSR count). The zero-order valence-corrected chi connectivity index (χ0v) is 12.0. The van der Waals surface area contributed by atoms with Crippen molar-refractivity contribution >= 4 is 34.3 Å². The lowest BCUT2D eigenvalue weighted by Gasteiger charge is -2.18. The molecule has 3 heterocycles. The third kappa shape index (κ3) is 1.66. The predicted molar refractivity (Wildman–Crippen MR) is 77.9 cm³/mol. The summed E-state index contributed by atoms with van der Waals surface area (Å²) in [4.78, 5) is 1.05. The van der Waals surface area contributed by atoms with Gasteiger partial charge in [0.25, 0.3) is 0 Å². The summed E-state index contributed by atoms with van der Waals surface area (Å²) in [5, 5.41) is 4.67. The van der Waals surface area contributed by atoms with Crippen molar-refractivity contribution in [2.45, 2.75) is 24.3 Å². The second-order valence-corrected chi connectivity index (χ2v) is 6.58. The van der Waals surface area contributed by atoms with Crippen LogP contribution >= 0.6 is 23.4 Å². The lowest BCUT2D eigenvalue weighted by Crippen LogP contribution is -2.18. The van der Waals surface area contributed by atoms with Gasteiger partial charge in [0.1, 0.15) is 5.82 Å².